The molecule has 1 amide bonds. The molecule has 0 unspecified atom stereocenters. The number of carbonyl (C=O) groups is 1. The molecular weight excluding hydrogens is 280 g/mol. The maximum Gasteiger partial charge on any atom is 0.251 e. The Hall–Kier alpha value is -1.99. The summed E-state index contributed by atoms with van der Waals surface area (Å²) >= 11 is 0. The normalized spacial score (nSPS) is 9.85. The highest BCUT2D eigenvalue weighted by Crippen LogP contribution is 2.08. The van der Waals surface area contributed by atoms with Crippen molar-refractivity contribution in [1.82, 2.24) is 30.8 Å². The lowest BCUT2D eigenvalue weighted by Crippen LogP contribution is -2.26. The van der Waals surface area contributed by atoms with Crippen LogP contribution in [-0.4, -0.2) is 46.3 Å². The molecule has 2 N–H and O–H groups in total. The van der Waals surface area contributed by atoms with E-state index in [1.807, 2.05) is 13.1 Å². The van der Waals surface area contributed by atoms with Crippen LogP contribution in [0.25, 0.3) is 5.69 Å². The van der Waals surface area contributed by atoms with Gasteiger partial charge < -0.3 is 10.6 Å². The zero-order chi connectivity index (χ0) is 13.5. The molecule has 1 aromatic carbocycles. The fourth-order valence-electron chi connectivity index (χ4n) is 1.64. The number of hydrogen-bond acceptors (Lipinski definition) is 5. The molecule has 0 saturated carbocycles. The Morgan fingerprint density at radius 1 is 1.35 bits per heavy atom. The summed E-state index contributed by atoms with van der Waals surface area (Å²) < 4.78 is 1.51. The van der Waals surface area contributed by atoms with Gasteiger partial charge in [-0.25, -0.2) is 4.68 Å². The first-order chi connectivity index (χ1) is 9.31. The molecule has 0 fully saturated rings. The first-order valence-corrected chi connectivity index (χ1v) is 6.07. The minimum atomic E-state index is -0.0916. The molecule has 2 rings (SSSR count). The molecule has 0 aliphatic rings. The lowest BCUT2D eigenvalue weighted by Gasteiger charge is -2.06. The molecule has 1 aromatic heterocycles. The second kappa shape index (κ2) is 8.23. The molecule has 0 aliphatic heterocycles. The van der Waals surface area contributed by atoms with Gasteiger partial charge >= 0.3 is 0 Å². The van der Waals surface area contributed by atoms with E-state index in [-0.39, 0.29) is 18.3 Å². The Balaban J connectivity index is 0.00000200. The number of benzene rings is 1. The van der Waals surface area contributed by atoms with Crippen LogP contribution in [0, 0.1) is 0 Å². The van der Waals surface area contributed by atoms with Crippen molar-refractivity contribution in [3.8, 4) is 5.69 Å². The van der Waals surface area contributed by atoms with Crippen LogP contribution in [0.5, 0.6) is 0 Å². The topological polar surface area (TPSA) is 84.7 Å². The van der Waals surface area contributed by atoms with Crippen molar-refractivity contribution in [2.75, 3.05) is 20.1 Å². The van der Waals surface area contributed by atoms with E-state index in [1.165, 1.54) is 11.0 Å². The van der Waals surface area contributed by atoms with Gasteiger partial charge in [-0.15, -0.1) is 17.5 Å². The van der Waals surface area contributed by atoms with Gasteiger partial charge in [0, 0.05) is 12.1 Å². The zero-order valence-corrected chi connectivity index (χ0v) is 11.9. The number of aromatic nitrogens is 4. The molecule has 7 nitrogen and oxygen atoms in total. The van der Waals surface area contributed by atoms with Crippen molar-refractivity contribution < 1.29 is 4.79 Å². The number of halogens is 1. The van der Waals surface area contributed by atoms with Gasteiger partial charge in [0.25, 0.3) is 5.91 Å². The van der Waals surface area contributed by atoms with Crippen molar-refractivity contribution >= 4 is 18.3 Å². The van der Waals surface area contributed by atoms with Gasteiger partial charge in [0.1, 0.15) is 6.33 Å². The fourth-order valence-corrected chi connectivity index (χ4v) is 1.64. The van der Waals surface area contributed by atoms with Crippen LogP contribution < -0.4 is 10.6 Å². The van der Waals surface area contributed by atoms with Gasteiger partial charge in [-0.3, -0.25) is 4.79 Å². The average molecular weight is 297 g/mol. The van der Waals surface area contributed by atoms with Crippen molar-refractivity contribution in [2.24, 2.45) is 0 Å². The van der Waals surface area contributed by atoms with E-state index in [1.54, 1.807) is 18.2 Å². The summed E-state index contributed by atoms with van der Waals surface area (Å²) in [6.45, 7) is 1.53. The highest BCUT2D eigenvalue weighted by molar-refractivity contribution is 5.94. The summed E-state index contributed by atoms with van der Waals surface area (Å²) in [5.41, 5.74) is 1.35. The highest BCUT2D eigenvalue weighted by atomic mass is 35.5. The number of nitrogens with one attached hydrogen (secondary N) is 2. The molecule has 108 valence electrons. The largest absolute Gasteiger partial charge is 0.352 e. The van der Waals surface area contributed by atoms with Crippen LogP contribution in [0.4, 0.5) is 0 Å². The van der Waals surface area contributed by atoms with E-state index >= 15 is 0 Å². The summed E-state index contributed by atoms with van der Waals surface area (Å²) in [7, 11) is 1.89. The van der Waals surface area contributed by atoms with Crippen molar-refractivity contribution in [3.63, 3.8) is 0 Å². The third-order valence-electron chi connectivity index (χ3n) is 2.61. The third kappa shape index (κ3) is 4.29. The molecule has 2 aromatic rings. The molecule has 0 radical (unpaired) electrons. The number of nitrogens with zero attached hydrogens (tertiary/aromatic N) is 4. The smallest absolute Gasteiger partial charge is 0.251 e. The van der Waals surface area contributed by atoms with Crippen LogP contribution in [0.3, 0.4) is 0 Å². The summed E-state index contributed by atoms with van der Waals surface area (Å²) in [4.78, 5) is 11.9. The van der Waals surface area contributed by atoms with Crippen molar-refractivity contribution in [1.29, 1.82) is 0 Å². The van der Waals surface area contributed by atoms with E-state index in [0.29, 0.717) is 12.1 Å². The molecule has 8 heteroatoms. The fraction of sp³-hybridized carbons (Fsp3) is 0.333. The van der Waals surface area contributed by atoms with Crippen molar-refractivity contribution in [3.05, 3.63) is 36.2 Å². The molecule has 0 aliphatic carbocycles. The number of amides is 1. The first-order valence-electron chi connectivity index (χ1n) is 6.07. The Kier molecular flexibility index (Phi) is 6.61. The van der Waals surface area contributed by atoms with Gasteiger partial charge in [-0.1, -0.05) is 6.07 Å². The van der Waals surface area contributed by atoms with Crippen LogP contribution in [0.2, 0.25) is 0 Å². The summed E-state index contributed by atoms with van der Waals surface area (Å²) in [5, 5.41) is 16.8. The summed E-state index contributed by atoms with van der Waals surface area (Å²) in [6.07, 6.45) is 2.39. The molecule has 0 spiro atoms. The van der Waals surface area contributed by atoms with Crippen LogP contribution in [0.1, 0.15) is 16.8 Å². The Morgan fingerprint density at radius 3 is 2.90 bits per heavy atom. The average Bonchev–Trinajstić information content (AvgIpc) is 2.98. The second-order valence-electron chi connectivity index (χ2n) is 4.02. The predicted molar refractivity (Wildman–Crippen MR) is 77.3 cm³/mol. The minimum Gasteiger partial charge on any atom is -0.352 e. The molecule has 1 heterocycles. The van der Waals surface area contributed by atoms with Gasteiger partial charge in [0.2, 0.25) is 0 Å². The zero-order valence-electron chi connectivity index (χ0n) is 11.1. The van der Waals surface area contributed by atoms with Crippen LogP contribution >= 0.6 is 12.4 Å². The number of hydrogen-bond donors (Lipinski definition) is 2. The summed E-state index contributed by atoms with van der Waals surface area (Å²) in [5.74, 6) is -0.0916. The number of carbonyl (C=O) groups excluding carboxylic acids is 1. The Bertz CT molecular complexity index is 531. The first kappa shape index (κ1) is 16.1. The third-order valence-corrected chi connectivity index (χ3v) is 2.61. The highest BCUT2D eigenvalue weighted by Gasteiger charge is 2.06. The maximum atomic E-state index is 11.9. The SMILES string of the molecule is CNCCCNC(=O)c1cccc(-n2cnnn2)c1.Cl. The van der Waals surface area contributed by atoms with E-state index < -0.39 is 0 Å². The van der Waals surface area contributed by atoms with Crippen LogP contribution in [0.15, 0.2) is 30.6 Å². The molecule has 0 bridgehead atoms. The van der Waals surface area contributed by atoms with Gasteiger partial charge in [-0.05, 0) is 48.6 Å². The van der Waals surface area contributed by atoms with Crippen LogP contribution in [-0.2, 0) is 0 Å². The van der Waals surface area contributed by atoms with E-state index in [0.717, 1.165) is 18.7 Å². The Labute approximate surface area is 123 Å². The summed E-state index contributed by atoms with van der Waals surface area (Å²) in [6, 6.07) is 7.17. The van der Waals surface area contributed by atoms with E-state index in [4.69, 9.17) is 0 Å². The molecule has 0 atom stereocenters. The van der Waals surface area contributed by atoms with Gasteiger partial charge in [-0.2, -0.15) is 0 Å². The van der Waals surface area contributed by atoms with E-state index in [9.17, 15) is 4.79 Å². The lowest BCUT2D eigenvalue weighted by atomic mass is 10.2. The molecule has 20 heavy (non-hydrogen) atoms. The number of tetrazole rings is 1. The second-order valence-corrected chi connectivity index (χ2v) is 4.02. The predicted octanol–water partition coefficient (Wildman–Crippen LogP) is 0.423. The molecule has 0 saturated heterocycles. The monoisotopic (exact) mass is 296 g/mol. The van der Waals surface area contributed by atoms with Gasteiger partial charge in [0.15, 0.2) is 0 Å². The van der Waals surface area contributed by atoms with Gasteiger partial charge in [0.05, 0.1) is 5.69 Å². The van der Waals surface area contributed by atoms with E-state index in [2.05, 4.69) is 26.2 Å². The maximum absolute atomic E-state index is 11.9. The number of rotatable bonds is 6. The van der Waals surface area contributed by atoms with Crippen molar-refractivity contribution in [2.45, 2.75) is 6.42 Å². The quantitative estimate of drug-likeness (QED) is 0.755. The standard InChI is InChI=1S/C12H16N6O.ClH/c1-13-6-3-7-14-12(19)10-4-2-5-11(8-10)18-9-15-16-17-18;/h2,4-5,8-9,13H,3,6-7H2,1H3,(H,14,19);1H. The minimum absolute atomic E-state index is 0. The lowest BCUT2D eigenvalue weighted by molar-refractivity contribution is 0.0953. The molecular formula is C12H17ClN6O. The Morgan fingerprint density at radius 2 is 2.20 bits per heavy atom.